The van der Waals surface area contributed by atoms with E-state index in [1.807, 2.05) is 19.3 Å². The molecule has 0 bridgehead atoms. The first-order valence-electron chi connectivity index (χ1n) is 7.46. The maximum Gasteiger partial charge on any atom is 0.130 e. The number of rotatable bonds is 7. The molecule has 6 nitrogen and oxygen atoms in total. The summed E-state index contributed by atoms with van der Waals surface area (Å²) >= 11 is 0. The first-order chi connectivity index (χ1) is 9.77. The van der Waals surface area contributed by atoms with Crippen LogP contribution in [0.2, 0.25) is 0 Å². The van der Waals surface area contributed by atoms with E-state index in [9.17, 15) is 0 Å². The van der Waals surface area contributed by atoms with Crippen molar-refractivity contribution in [3.05, 3.63) is 18.2 Å². The standard InChI is InChI=1S/C14H26N4O2/c1-3-8-18-9-7-16-13(18)12(17-15)14(20-4-2)5-10-19-11-6-14/h7,9,12,17H,3-6,8,10-11,15H2,1-2H3. The van der Waals surface area contributed by atoms with E-state index in [2.05, 4.69) is 21.9 Å². The summed E-state index contributed by atoms with van der Waals surface area (Å²) < 4.78 is 13.7. The number of aryl methyl sites for hydroxylation is 1. The Labute approximate surface area is 120 Å². The predicted octanol–water partition coefficient (Wildman–Crippen LogP) is 1.38. The second-order valence-corrected chi connectivity index (χ2v) is 5.19. The van der Waals surface area contributed by atoms with Crippen molar-refractivity contribution in [1.82, 2.24) is 15.0 Å². The minimum atomic E-state index is -0.335. The van der Waals surface area contributed by atoms with Gasteiger partial charge in [-0.15, -0.1) is 0 Å². The van der Waals surface area contributed by atoms with E-state index >= 15 is 0 Å². The molecular formula is C14H26N4O2. The molecule has 1 unspecified atom stereocenters. The zero-order valence-electron chi connectivity index (χ0n) is 12.5. The van der Waals surface area contributed by atoms with Crippen LogP contribution >= 0.6 is 0 Å². The number of nitrogens with two attached hydrogens (primary N) is 1. The molecule has 0 amide bonds. The lowest BCUT2D eigenvalue weighted by atomic mass is 9.85. The molecule has 2 heterocycles. The van der Waals surface area contributed by atoms with Gasteiger partial charge in [-0.25, -0.2) is 10.4 Å². The van der Waals surface area contributed by atoms with E-state index in [1.54, 1.807) is 0 Å². The Morgan fingerprint density at radius 1 is 1.50 bits per heavy atom. The molecule has 0 aromatic carbocycles. The number of hydrazine groups is 1. The fourth-order valence-electron chi connectivity index (χ4n) is 2.99. The van der Waals surface area contributed by atoms with Crippen molar-refractivity contribution < 1.29 is 9.47 Å². The average Bonchev–Trinajstić information content (AvgIpc) is 2.90. The molecule has 1 fully saturated rings. The summed E-state index contributed by atoms with van der Waals surface area (Å²) in [5.74, 6) is 6.80. The van der Waals surface area contributed by atoms with Gasteiger partial charge in [0.05, 0.1) is 5.60 Å². The van der Waals surface area contributed by atoms with Crippen LogP contribution in [0.15, 0.2) is 12.4 Å². The van der Waals surface area contributed by atoms with Gasteiger partial charge in [-0.05, 0) is 13.3 Å². The Morgan fingerprint density at radius 3 is 2.85 bits per heavy atom. The molecule has 1 saturated heterocycles. The highest BCUT2D eigenvalue weighted by molar-refractivity contribution is 5.08. The number of nitrogens with zero attached hydrogens (tertiary/aromatic N) is 2. The Kier molecular flexibility index (Phi) is 5.54. The first-order valence-corrected chi connectivity index (χ1v) is 7.46. The van der Waals surface area contributed by atoms with Gasteiger partial charge in [0.25, 0.3) is 0 Å². The molecule has 0 aliphatic carbocycles. The fourth-order valence-corrected chi connectivity index (χ4v) is 2.99. The third kappa shape index (κ3) is 3.03. The summed E-state index contributed by atoms with van der Waals surface area (Å²) in [7, 11) is 0. The molecule has 1 aliphatic heterocycles. The van der Waals surface area contributed by atoms with Crippen molar-refractivity contribution in [3.8, 4) is 0 Å². The molecule has 1 aromatic heterocycles. The molecule has 114 valence electrons. The van der Waals surface area contributed by atoms with Crippen molar-refractivity contribution in [2.75, 3.05) is 19.8 Å². The maximum absolute atomic E-state index is 6.10. The minimum absolute atomic E-state index is 0.118. The Bertz CT molecular complexity index is 396. The summed E-state index contributed by atoms with van der Waals surface area (Å²) in [6.45, 7) is 7.17. The van der Waals surface area contributed by atoms with Crippen LogP contribution < -0.4 is 11.3 Å². The molecule has 2 rings (SSSR count). The van der Waals surface area contributed by atoms with Crippen LogP contribution in [-0.2, 0) is 16.0 Å². The van der Waals surface area contributed by atoms with Crippen molar-refractivity contribution in [3.63, 3.8) is 0 Å². The minimum Gasteiger partial charge on any atom is -0.381 e. The summed E-state index contributed by atoms with van der Waals surface area (Å²) in [4.78, 5) is 4.51. The fraction of sp³-hybridized carbons (Fsp3) is 0.786. The highest BCUT2D eigenvalue weighted by Gasteiger charge is 2.43. The normalized spacial score (nSPS) is 19.9. The number of aromatic nitrogens is 2. The van der Waals surface area contributed by atoms with Gasteiger partial charge in [-0.3, -0.25) is 5.84 Å². The van der Waals surface area contributed by atoms with Crippen LogP contribution in [0.25, 0.3) is 0 Å². The smallest absolute Gasteiger partial charge is 0.130 e. The molecule has 0 spiro atoms. The van der Waals surface area contributed by atoms with Gasteiger partial charge in [0.2, 0.25) is 0 Å². The zero-order chi connectivity index (χ0) is 14.4. The molecule has 1 aromatic rings. The van der Waals surface area contributed by atoms with Gasteiger partial charge in [0.15, 0.2) is 0 Å². The number of hydrogen-bond acceptors (Lipinski definition) is 5. The molecular weight excluding hydrogens is 256 g/mol. The molecule has 0 radical (unpaired) electrons. The van der Waals surface area contributed by atoms with Crippen LogP contribution in [0.1, 0.15) is 45.0 Å². The van der Waals surface area contributed by atoms with E-state index in [0.29, 0.717) is 19.8 Å². The zero-order valence-corrected chi connectivity index (χ0v) is 12.5. The Balaban J connectivity index is 2.29. The monoisotopic (exact) mass is 282 g/mol. The number of hydrogen-bond donors (Lipinski definition) is 2. The van der Waals surface area contributed by atoms with Crippen LogP contribution in [0.3, 0.4) is 0 Å². The van der Waals surface area contributed by atoms with E-state index < -0.39 is 0 Å². The van der Waals surface area contributed by atoms with Crippen LogP contribution in [-0.4, -0.2) is 35.0 Å². The van der Waals surface area contributed by atoms with Crippen LogP contribution in [0.5, 0.6) is 0 Å². The van der Waals surface area contributed by atoms with Crippen molar-refractivity contribution >= 4 is 0 Å². The van der Waals surface area contributed by atoms with Crippen LogP contribution in [0.4, 0.5) is 0 Å². The van der Waals surface area contributed by atoms with E-state index in [-0.39, 0.29) is 11.6 Å². The van der Waals surface area contributed by atoms with Gasteiger partial charge in [-0.1, -0.05) is 6.92 Å². The van der Waals surface area contributed by atoms with Gasteiger partial charge >= 0.3 is 0 Å². The topological polar surface area (TPSA) is 74.3 Å². The number of ether oxygens (including phenoxy) is 2. The molecule has 6 heteroatoms. The second-order valence-electron chi connectivity index (χ2n) is 5.19. The van der Waals surface area contributed by atoms with Crippen molar-refractivity contribution in [2.24, 2.45) is 5.84 Å². The lowest BCUT2D eigenvalue weighted by Gasteiger charge is -2.42. The summed E-state index contributed by atoms with van der Waals surface area (Å²) in [6, 6.07) is -0.118. The summed E-state index contributed by atoms with van der Waals surface area (Å²) in [6.07, 6.45) is 6.55. The Morgan fingerprint density at radius 2 is 2.25 bits per heavy atom. The summed E-state index contributed by atoms with van der Waals surface area (Å²) in [5.41, 5.74) is 2.60. The first kappa shape index (κ1) is 15.4. The third-order valence-corrected chi connectivity index (χ3v) is 3.93. The van der Waals surface area contributed by atoms with E-state index in [1.165, 1.54) is 0 Å². The molecule has 1 aliphatic rings. The third-order valence-electron chi connectivity index (χ3n) is 3.93. The van der Waals surface area contributed by atoms with Gasteiger partial charge in [0, 0.05) is 51.6 Å². The quantitative estimate of drug-likeness (QED) is 0.584. The largest absolute Gasteiger partial charge is 0.381 e. The second kappa shape index (κ2) is 7.17. The van der Waals surface area contributed by atoms with Gasteiger partial charge in [0.1, 0.15) is 11.9 Å². The summed E-state index contributed by atoms with van der Waals surface area (Å²) in [5, 5.41) is 0. The lowest BCUT2D eigenvalue weighted by molar-refractivity contribution is -0.130. The highest BCUT2D eigenvalue weighted by Crippen LogP contribution is 2.36. The van der Waals surface area contributed by atoms with E-state index in [4.69, 9.17) is 15.3 Å². The van der Waals surface area contributed by atoms with Crippen LogP contribution in [0, 0.1) is 0 Å². The van der Waals surface area contributed by atoms with Crippen molar-refractivity contribution in [1.29, 1.82) is 0 Å². The number of imidazole rings is 1. The molecule has 20 heavy (non-hydrogen) atoms. The van der Waals surface area contributed by atoms with Crippen molar-refractivity contribution in [2.45, 2.75) is 51.3 Å². The molecule has 1 atom stereocenters. The maximum atomic E-state index is 6.10. The van der Waals surface area contributed by atoms with Gasteiger partial charge in [-0.2, -0.15) is 0 Å². The molecule has 0 saturated carbocycles. The highest BCUT2D eigenvalue weighted by atomic mass is 16.5. The Hall–Kier alpha value is -0.950. The average molecular weight is 282 g/mol. The van der Waals surface area contributed by atoms with Gasteiger partial charge < -0.3 is 14.0 Å². The predicted molar refractivity (Wildman–Crippen MR) is 77.0 cm³/mol. The number of nitrogens with one attached hydrogen (secondary N) is 1. The molecule has 3 N–H and O–H groups in total. The lowest BCUT2D eigenvalue weighted by Crippen LogP contribution is -2.52. The van der Waals surface area contributed by atoms with E-state index in [0.717, 1.165) is 31.6 Å². The SMILES string of the molecule is CCCn1ccnc1C(NN)C1(OCC)CCOCC1.